The van der Waals surface area contributed by atoms with E-state index >= 15 is 0 Å². The van der Waals surface area contributed by atoms with E-state index < -0.39 is 0 Å². The first-order valence-electron chi connectivity index (χ1n) is 7.09. The molecule has 1 aromatic carbocycles. The topological polar surface area (TPSA) is 81.7 Å². The minimum Gasteiger partial charge on any atom is -0.351 e. The van der Waals surface area contributed by atoms with Gasteiger partial charge in [0.05, 0.1) is 5.69 Å². The number of hydrogen-bond acceptors (Lipinski definition) is 5. The number of hydrogen-bond donors (Lipinski definition) is 2. The van der Waals surface area contributed by atoms with Gasteiger partial charge in [-0.2, -0.15) is 4.68 Å². The van der Waals surface area contributed by atoms with E-state index in [1.165, 1.54) is 0 Å². The molecular weight excluding hydrogens is 252 g/mol. The summed E-state index contributed by atoms with van der Waals surface area (Å²) in [5, 5.41) is 15.0. The van der Waals surface area contributed by atoms with Gasteiger partial charge in [-0.15, -0.1) is 0 Å². The van der Waals surface area contributed by atoms with Crippen LogP contribution >= 0.6 is 0 Å². The Morgan fingerprint density at radius 3 is 2.55 bits per heavy atom. The van der Waals surface area contributed by atoms with Gasteiger partial charge in [-0.05, 0) is 28.5 Å². The average Bonchev–Trinajstić information content (AvgIpc) is 2.95. The van der Waals surface area contributed by atoms with Crippen molar-refractivity contribution in [2.24, 2.45) is 11.7 Å². The van der Waals surface area contributed by atoms with Gasteiger partial charge < -0.3 is 11.1 Å². The first-order valence-corrected chi connectivity index (χ1v) is 7.09. The number of benzene rings is 1. The summed E-state index contributed by atoms with van der Waals surface area (Å²) in [6.07, 6.45) is 2.17. The first-order chi connectivity index (χ1) is 9.76. The predicted molar refractivity (Wildman–Crippen MR) is 79.7 cm³/mol. The molecule has 0 aliphatic heterocycles. The summed E-state index contributed by atoms with van der Waals surface area (Å²) in [7, 11) is 0. The summed E-state index contributed by atoms with van der Waals surface area (Å²) in [5.74, 6) is 1.14. The van der Waals surface area contributed by atoms with Crippen LogP contribution in [0, 0.1) is 5.92 Å². The number of nitrogens with zero attached hydrogens (tertiary/aromatic N) is 4. The number of anilines is 1. The van der Waals surface area contributed by atoms with Gasteiger partial charge in [0.15, 0.2) is 0 Å². The third-order valence-corrected chi connectivity index (χ3v) is 3.62. The van der Waals surface area contributed by atoms with Crippen LogP contribution < -0.4 is 11.1 Å². The first kappa shape index (κ1) is 14.5. The van der Waals surface area contributed by atoms with Crippen LogP contribution in [0.4, 0.5) is 5.95 Å². The summed E-state index contributed by atoms with van der Waals surface area (Å²) in [5.41, 5.74) is 7.13. The van der Waals surface area contributed by atoms with Gasteiger partial charge in [0.2, 0.25) is 5.95 Å². The van der Waals surface area contributed by atoms with Gasteiger partial charge in [-0.1, -0.05) is 50.0 Å². The number of para-hydroxylation sites is 1. The lowest BCUT2D eigenvalue weighted by Gasteiger charge is -2.21. The maximum Gasteiger partial charge on any atom is 0.247 e. The highest BCUT2D eigenvalue weighted by atomic mass is 15.6. The fourth-order valence-corrected chi connectivity index (χ4v) is 2.31. The summed E-state index contributed by atoms with van der Waals surface area (Å²) >= 11 is 0. The maximum atomic E-state index is 6.20. The number of nitrogens with one attached hydrogen (secondary N) is 1. The minimum atomic E-state index is 0.103. The molecule has 0 aliphatic carbocycles. The molecule has 6 nitrogen and oxygen atoms in total. The standard InChI is InChI=1S/C14H22N6/c1-3-11(4-2)13(15)10-16-14-17-18-19-20(14)12-8-6-5-7-9-12/h5-9,11,13H,3-4,10,15H2,1-2H3,(H,16,17,19). The van der Waals surface area contributed by atoms with Crippen molar-refractivity contribution in [3.63, 3.8) is 0 Å². The zero-order valence-electron chi connectivity index (χ0n) is 12.0. The van der Waals surface area contributed by atoms with E-state index in [9.17, 15) is 0 Å². The van der Waals surface area contributed by atoms with Crippen LogP contribution in [0.15, 0.2) is 30.3 Å². The smallest absolute Gasteiger partial charge is 0.247 e. The molecule has 1 atom stereocenters. The molecule has 2 aromatic rings. The molecule has 0 radical (unpaired) electrons. The fraction of sp³-hybridized carbons (Fsp3) is 0.500. The number of tetrazole rings is 1. The van der Waals surface area contributed by atoms with Crippen molar-refractivity contribution in [1.82, 2.24) is 20.2 Å². The van der Waals surface area contributed by atoms with Crippen molar-refractivity contribution < 1.29 is 0 Å². The molecule has 0 fully saturated rings. The van der Waals surface area contributed by atoms with Crippen LogP contribution in [0.25, 0.3) is 5.69 Å². The Morgan fingerprint density at radius 1 is 1.20 bits per heavy atom. The zero-order chi connectivity index (χ0) is 14.4. The van der Waals surface area contributed by atoms with Crippen LogP contribution in [-0.2, 0) is 0 Å². The predicted octanol–water partition coefficient (Wildman–Crippen LogP) is 1.84. The second-order valence-corrected chi connectivity index (χ2v) is 4.87. The van der Waals surface area contributed by atoms with E-state index in [2.05, 4.69) is 34.7 Å². The fourth-order valence-electron chi connectivity index (χ4n) is 2.31. The molecule has 0 saturated heterocycles. The molecule has 0 aliphatic rings. The Balaban J connectivity index is 2.03. The molecule has 0 saturated carbocycles. The molecule has 1 aromatic heterocycles. The normalized spacial score (nSPS) is 12.6. The number of rotatable bonds is 7. The Kier molecular flexibility index (Phi) is 5.06. The average molecular weight is 274 g/mol. The highest BCUT2D eigenvalue weighted by Gasteiger charge is 2.15. The lowest BCUT2D eigenvalue weighted by atomic mass is 9.95. The summed E-state index contributed by atoms with van der Waals surface area (Å²) in [4.78, 5) is 0. The molecule has 0 bridgehead atoms. The molecule has 20 heavy (non-hydrogen) atoms. The molecule has 6 heteroatoms. The Hall–Kier alpha value is -1.95. The van der Waals surface area contributed by atoms with E-state index in [4.69, 9.17) is 5.73 Å². The van der Waals surface area contributed by atoms with Gasteiger partial charge >= 0.3 is 0 Å². The van der Waals surface area contributed by atoms with Gasteiger partial charge in [0.25, 0.3) is 0 Å². The van der Waals surface area contributed by atoms with E-state index in [-0.39, 0.29) is 6.04 Å². The van der Waals surface area contributed by atoms with Gasteiger partial charge in [-0.3, -0.25) is 0 Å². The van der Waals surface area contributed by atoms with E-state index in [1.54, 1.807) is 4.68 Å². The molecule has 1 unspecified atom stereocenters. The van der Waals surface area contributed by atoms with Crippen LogP contribution in [0.5, 0.6) is 0 Å². The van der Waals surface area contributed by atoms with E-state index in [0.717, 1.165) is 18.5 Å². The summed E-state index contributed by atoms with van der Waals surface area (Å²) in [6, 6.07) is 9.90. The summed E-state index contributed by atoms with van der Waals surface area (Å²) in [6.45, 7) is 5.00. The van der Waals surface area contributed by atoms with Gasteiger partial charge in [-0.25, -0.2) is 0 Å². The largest absolute Gasteiger partial charge is 0.351 e. The number of aromatic nitrogens is 4. The van der Waals surface area contributed by atoms with Crippen molar-refractivity contribution in [2.45, 2.75) is 32.7 Å². The maximum absolute atomic E-state index is 6.20. The Labute approximate surface area is 119 Å². The number of nitrogens with two attached hydrogens (primary N) is 1. The van der Waals surface area contributed by atoms with Crippen molar-refractivity contribution in [2.75, 3.05) is 11.9 Å². The summed E-state index contributed by atoms with van der Waals surface area (Å²) < 4.78 is 1.68. The molecule has 108 valence electrons. The molecule has 0 spiro atoms. The minimum absolute atomic E-state index is 0.103. The van der Waals surface area contributed by atoms with Crippen LogP contribution in [0.2, 0.25) is 0 Å². The second-order valence-electron chi connectivity index (χ2n) is 4.87. The highest BCUT2D eigenvalue weighted by Crippen LogP contribution is 2.14. The van der Waals surface area contributed by atoms with Gasteiger partial charge in [0.1, 0.15) is 0 Å². The quantitative estimate of drug-likeness (QED) is 0.805. The van der Waals surface area contributed by atoms with E-state index in [1.807, 2.05) is 30.3 Å². The van der Waals surface area contributed by atoms with Crippen molar-refractivity contribution in [3.8, 4) is 5.69 Å². The Bertz CT molecular complexity index is 505. The molecule has 2 rings (SSSR count). The third-order valence-electron chi connectivity index (χ3n) is 3.62. The van der Waals surface area contributed by atoms with Crippen LogP contribution in [-0.4, -0.2) is 32.8 Å². The monoisotopic (exact) mass is 274 g/mol. The third kappa shape index (κ3) is 3.33. The Morgan fingerprint density at radius 2 is 1.90 bits per heavy atom. The van der Waals surface area contributed by atoms with Crippen LogP contribution in [0.1, 0.15) is 26.7 Å². The highest BCUT2D eigenvalue weighted by molar-refractivity contribution is 5.38. The SMILES string of the molecule is CCC(CC)C(N)CNc1nnnn1-c1ccccc1. The van der Waals surface area contributed by atoms with Crippen molar-refractivity contribution in [3.05, 3.63) is 30.3 Å². The molecular formula is C14H22N6. The second kappa shape index (κ2) is 7.00. The van der Waals surface area contributed by atoms with Crippen molar-refractivity contribution in [1.29, 1.82) is 0 Å². The van der Waals surface area contributed by atoms with E-state index in [0.29, 0.717) is 18.4 Å². The van der Waals surface area contributed by atoms with Crippen LogP contribution in [0.3, 0.4) is 0 Å². The molecule has 1 heterocycles. The lowest BCUT2D eigenvalue weighted by molar-refractivity contribution is 0.407. The lowest BCUT2D eigenvalue weighted by Crippen LogP contribution is -2.36. The molecule has 0 amide bonds. The van der Waals surface area contributed by atoms with Crippen molar-refractivity contribution >= 4 is 5.95 Å². The molecule has 3 N–H and O–H groups in total. The van der Waals surface area contributed by atoms with Gasteiger partial charge in [0, 0.05) is 12.6 Å². The zero-order valence-corrected chi connectivity index (χ0v) is 12.0.